The monoisotopic (exact) mass is 413 g/mol. The summed E-state index contributed by atoms with van der Waals surface area (Å²) in [6, 6.07) is 11.1. The van der Waals surface area contributed by atoms with Crippen LogP contribution in [0.25, 0.3) is 33.7 Å². The van der Waals surface area contributed by atoms with Crippen LogP contribution in [-0.4, -0.2) is 37.5 Å². The number of hydrogen-bond donors (Lipinski definition) is 2. The van der Waals surface area contributed by atoms with Crippen LogP contribution in [0.2, 0.25) is 0 Å². The van der Waals surface area contributed by atoms with Gasteiger partial charge in [-0.05, 0) is 29.8 Å². The highest BCUT2D eigenvalue weighted by Crippen LogP contribution is 2.31. The molecule has 9 nitrogen and oxygen atoms in total. The Morgan fingerprint density at radius 2 is 1.97 bits per heavy atom. The van der Waals surface area contributed by atoms with E-state index < -0.39 is 0 Å². The van der Waals surface area contributed by atoms with Crippen LogP contribution in [0.3, 0.4) is 0 Å². The van der Waals surface area contributed by atoms with Crippen molar-refractivity contribution >= 4 is 34.0 Å². The summed E-state index contributed by atoms with van der Waals surface area (Å²) in [6.45, 7) is 0.378. The number of fused-ring (bicyclic) bond motifs is 3. The van der Waals surface area contributed by atoms with Crippen molar-refractivity contribution < 1.29 is 9.21 Å². The Hall–Kier alpha value is -4.27. The van der Waals surface area contributed by atoms with E-state index in [2.05, 4.69) is 25.6 Å². The van der Waals surface area contributed by atoms with Crippen LogP contribution in [0.15, 0.2) is 59.5 Å². The normalized spacial score (nSPS) is 11.2. The lowest BCUT2D eigenvalue weighted by Gasteiger charge is -2.06. The molecule has 0 saturated heterocycles. The minimum Gasteiger partial charge on any atom is -0.418 e. The third kappa shape index (κ3) is 3.35. The number of carbonyl (C=O) groups excluding carboxylic acids is 1. The summed E-state index contributed by atoms with van der Waals surface area (Å²) in [5.41, 5.74) is 4.98. The van der Waals surface area contributed by atoms with Gasteiger partial charge < -0.3 is 19.6 Å². The van der Waals surface area contributed by atoms with Gasteiger partial charge in [-0.1, -0.05) is 12.1 Å². The largest absolute Gasteiger partial charge is 0.418 e. The maximum Gasteiger partial charge on any atom is 0.251 e. The molecule has 2 N–H and O–H groups in total. The molecule has 0 spiro atoms. The first-order chi connectivity index (χ1) is 15.1. The predicted octanol–water partition coefficient (Wildman–Crippen LogP) is 3.14. The van der Waals surface area contributed by atoms with E-state index in [4.69, 9.17) is 9.40 Å². The maximum atomic E-state index is 12.3. The first-order valence-electron chi connectivity index (χ1n) is 9.71. The van der Waals surface area contributed by atoms with Gasteiger partial charge in [0.2, 0.25) is 5.89 Å². The topological polar surface area (TPSA) is 111 Å². The van der Waals surface area contributed by atoms with E-state index in [0.29, 0.717) is 35.0 Å². The van der Waals surface area contributed by atoms with Gasteiger partial charge in [0, 0.05) is 44.2 Å². The molecule has 5 aromatic rings. The lowest BCUT2D eigenvalue weighted by molar-refractivity contribution is 0.0951. The molecular formula is C22H19N7O2. The van der Waals surface area contributed by atoms with Crippen molar-refractivity contribution in [2.75, 3.05) is 12.4 Å². The SMILES string of the molecule is CNc1nc2oc(-c3cccc(CNC(=O)c4ccncc4)c3)nc2c2c1ncn2C. The van der Waals surface area contributed by atoms with Crippen molar-refractivity contribution in [3.05, 3.63) is 66.2 Å². The number of anilines is 1. The Morgan fingerprint density at radius 1 is 1.13 bits per heavy atom. The summed E-state index contributed by atoms with van der Waals surface area (Å²) in [7, 11) is 3.71. The van der Waals surface area contributed by atoms with Crippen LogP contribution in [-0.2, 0) is 13.6 Å². The summed E-state index contributed by atoms with van der Waals surface area (Å²) in [6.07, 6.45) is 4.91. The molecule has 9 heteroatoms. The Labute approximate surface area is 177 Å². The predicted molar refractivity (Wildman–Crippen MR) is 116 cm³/mol. The molecule has 0 saturated carbocycles. The molecule has 0 bridgehead atoms. The Morgan fingerprint density at radius 3 is 2.77 bits per heavy atom. The first-order valence-corrected chi connectivity index (χ1v) is 9.71. The summed E-state index contributed by atoms with van der Waals surface area (Å²) in [5.74, 6) is 0.941. The molecule has 4 heterocycles. The molecule has 4 aromatic heterocycles. The van der Waals surface area contributed by atoms with Gasteiger partial charge in [-0.15, -0.1) is 0 Å². The lowest BCUT2D eigenvalue weighted by Crippen LogP contribution is -2.22. The number of carbonyl (C=O) groups is 1. The minimum atomic E-state index is -0.155. The average Bonchev–Trinajstić information content (AvgIpc) is 3.41. The standard InChI is InChI=1S/C22H19N7O2/c1-23-19-16-18(29(2)12-26-16)17-22(28-19)31-21(27-17)15-5-3-4-13(10-15)11-25-20(30)14-6-8-24-9-7-14/h3-10,12H,11H2,1-2H3,(H,23,28)(H,25,30). The molecule has 31 heavy (non-hydrogen) atoms. The molecule has 0 atom stereocenters. The number of oxazole rings is 1. The maximum absolute atomic E-state index is 12.3. The Balaban J connectivity index is 1.46. The van der Waals surface area contributed by atoms with Gasteiger partial charge >= 0.3 is 0 Å². The molecule has 0 aliphatic rings. The van der Waals surface area contributed by atoms with Crippen molar-refractivity contribution in [1.29, 1.82) is 0 Å². The van der Waals surface area contributed by atoms with E-state index in [0.717, 1.165) is 22.2 Å². The highest BCUT2D eigenvalue weighted by Gasteiger charge is 2.18. The number of rotatable bonds is 5. The zero-order valence-corrected chi connectivity index (χ0v) is 17.0. The van der Waals surface area contributed by atoms with Gasteiger partial charge in [-0.2, -0.15) is 4.98 Å². The van der Waals surface area contributed by atoms with Crippen LogP contribution < -0.4 is 10.6 Å². The van der Waals surface area contributed by atoms with Gasteiger partial charge in [0.05, 0.1) is 6.33 Å². The van der Waals surface area contributed by atoms with Crippen molar-refractivity contribution in [3.63, 3.8) is 0 Å². The van der Waals surface area contributed by atoms with Crippen LogP contribution in [0, 0.1) is 0 Å². The second-order valence-corrected chi connectivity index (χ2v) is 7.05. The van der Waals surface area contributed by atoms with Crippen LogP contribution in [0.1, 0.15) is 15.9 Å². The number of aryl methyl sites for hydroxylation is 1. The summed E-state index contributed by atoms with van der Waals surface area (Å²) < 4.78 is 7.88. The van der Waals surface area contributed by atoms with E-state index >= 15 is 0 Å². The molecule has 0 radical (unpaired) electrons. The number of benzene rings is 1. The van der Waals surface area contributed by atoms with Crippen LogP contribution in [0.5, 0.6) is 0 Å². The van der Waals surface area contributed by atoms with Crippen molar-refractivity contribution in [2.24, 2.45) is 7.05 Å². The number of hydrogen-bond acceptors (Lipinski definition) is 7. The number of aromatic nitrogens is 5. The van der Waals surface area contributed by atoms with Crippen LogP contribution in [0.4, 0.5) is 5.82 Å². The summed E-state index contributed by atoms with van der Waals surface area (Å²) in [5, 5.41) is 5.97. The molecule has 0 unspecified atom stereocenters. The van der Waals surface area contributed by atoms with E-state index in [-0.39, 0.29) is 5.91 Å². The second kappa shape index (κ2) is 7.52. The smallest absolute Gasteiger partial charge is 0.251 e. The Kier molecular flexibility index (Phi) is 4.55. The van der Waals surface area contributed by atoms with Crippen molar-refractivity contribution in [2.45, 2.75) is 6.54 Å². The van der Waals surface area contributed by atoms with E-state index in [9.17, 15) is 4.79 Å². The van der Waals surface area contributed by atoms with Crippen LogP contribution >= 0.6 is 0 Å². The molecule has 0 fully saturated rings. The molecule has 1 amide bonds. The second-order valence-electron chi connectivity index (χ2n) is 7.05. The first kappa shape index (κ1) is 18.7. The highest BCUT2D eigenvalue weighted by molar-refractivity contribution is 6.03. The fraction of sp³-hybridized carbons (Fsp3) is 0.136. The molecule has 5 rings (SSSR count). The summed E-state index contributed by atoms with van der Waals surface area (Å²) in [4.78, 5) is 29.8. The third-order valence-corrected chi connectivity index (χ3v) is 5.01. The van der Waals surface area contributed by atoms with Gasteiger partial charge in [0.1, 0.15) is 11.0 Å². The fourth-order valence-corrected chi connectivity index (χ4v) is 3.48. The van der Waals surface area contributed by atoms with E-state index in [1.165, 1.54) is 0 Å². The molecule has 0 aliphatic carbocycles. The third-order valence-electron chi connectivity index (χ3n) is 5.01. The molecule has 1 aromatic carbocycles. The lowest BCUT2D eigenvalue weighted by atomic mass is 10.1. The molecule has 0 aliphatic heterocycles. The number of nitrogens with one attached hydrogen (secondary N) is 2. The number of amides is 1. The number of pyridine rings is 2. The quantitative estimate of drug-likeness (QED) is 0.455. The number of nitrogens with zero attached hydrogens (tertiary/aromatic N) is 5. The van der Waals surface area contributed by atoms with Crippen molar-refractivity contribution in [1.82, 2.24) is 29.8 Å². The summed E-state index contributed by atoms with van der Waals surface area (Å²) >= 11 is 0. The van der Waals surface area contributed by atoms with Crippen molar-refractivity contribution in [3.8, 4) is 11.5 Å². The number of imidazole rings is 1. The fourth-order valence-electron chi connectivity index (χ4n) is 3.48. The minimum absolute atomic E-state index is 0.155. The zero-order chi connectivity index (χ0) is 21.4. The van der Waals surface area contributed by atoms with Gasteiger partial charge in [0.15, 0.2) is 11.3 Å². The van der Waals surface area contributed by atoms with E-state index in [1.807, 2.05) is 35.9 Å². The van der Waals surface area contributed by atoms with Gasteiger partial charge in [-0.3, -0.25) is 9.78 Å². The Bertz CT molecular complexity index is 1410. The zero-order valence-electron chi connectivity index (χ0n) is 17.0. The molecular weight excluding hydrogens is 394 g/mol. The van der Waals surface area contributed by atoms with Gasteiger partial charge in [-0.25, -0.2) is 9.97 Å². The molecule has 154 valence electrons. The van der Waals surface area contributed by atoms with Gasteiger partial charge in [0.25, 0.3) is 11.6 Å². The van der Waals surface area contributed by atoms with E-state index in [1.54, 1.807) is 37.9 Å². The average molecular weight is 413 g/mol. The highest BCUT2D eigenvalue weighted by atomic mass is 16.4.